The summed E-state index contributed by atoms with van der Waals surface area (Å²) in [5.74, 6) is -9.55. The van der Waals surface area contributed by atoms with Gasteiger partial charge >= 0.3 is 0 Å². The molecule has 4 aromatic carbocycles. The van der Waals surface area contributed by atoms with Crippen molar-refractivity contribution in [3.8, 4) is 0 Å². The number of hydrogen-bond donors (Lipinski definition) is 20. The number of primary amides is 1. The molecule has 118 heavy (non-hydrogen) atoms. The molecule has 0 aromatic heterocycles. The van der Waals surface area contributed by atoms with E-state index >= 15 is 9.59 Å². The van der Waals surface area contributed by atoms with E-state index in [1.54, 1.807) is 133 Å². The van der Waals surface area contributed by atoms with Crippen LogP contribution >= 0.6 is 0 Å². The summed E-state index contributed by atoms with van der Waals surface area (Å²) in [4.78, 5) is 147. The Morgan fingerprint density at radius 3 is 1.21 bits per heavy atom. The molecule has 0 saturated heterocycles. The summed E-state index contributed by atoms with van der Waals surface area (Å²) in [5.41, 5.74) is 48.8. The van der Waals surface area contributed by atoms with Gasteiger partial charge in [-0.2, -0.15) is 0 Å². The lowest BCUT2D eigenvalue weighted by molar-refractivity contribution is -0.133. The molecular formula is C83H124N22O13. The SMILES string of the molecule is C[C@H]1N=C(O)[C@H](CCCCN)NC(=O)[C@H](CCCN=C(N)N)NC(=O)[C@H](Cc2ccccc2)NC(=O)[C@H](CCCCN)N=C(O)CCC=CCCC(O)=NCCCC[C@@H](C(N)=O)NC(=O)[C@H](Cc2ccccc2)NC(=O)[C@H](Cc2ccccc2)NC(=O)[C@H](CCCN=C(N)N)N=C(O)[C@H](CCCCN)NC(=O)[C@H](Cc2ccccc2)N=C1O. The number of amides is 8. The number of aliphatic hydroxyl groups excluding tert-OH is 5. The van der Waals surface area contributed by atoms with Gasteiger partial charge in [0, 0.05) is 58.2 Å². The molecule has 11 atom stereocenters. The van der Waals surface area contributed by atoms with Gasteiger partial charge in [0.25, 0.3) is 0 Å². The van der Waals surface area contributed by atoms with Gasteiger partial charge in [0.05, 0.1) is 0 Å². The number of nitrogens with two attached hydrogens (primary N) is 8. The smallest absolute Gasteiger partial charge is 0.245 e. The largest absolute Gasteiger partial charge is 0.497 e. The fraction of sp³-hybridized carbons (Fsp3) is 0.506. The molecule has 0 saturated carbocycles. The first-order chi connectivity index (χ1) is 56.8. The molecule has 5 rings (SSSR count). The molecule has 0 fully saturated rings. The summed E-state index contributed by atoms with van der Waals surface area (Å²) in [6.07, 6.45) is 7.36. The van der Waals surface area contributed by atoms with Crippen LogP contribution in [0.25, 0.3) is 0 Å². The molecule has 0 unspecified atom stereocenters. The Morgan fingerprint density at radius 1 is 0.390 bits per heavy atom. The predicted octanol–water partition coefficient (Wildman–Crippen LogP) is 2.91. The number of benzene rings is 4. The van der Waals surface area contributed by atoms with Crippen molar-refractivity contribution in [3.63, 3.8) is 0 Å². The normalized spacial score (nSPS) is 22.5. The molecule has 0 radical (unpaired) electrons. The van der Waals surface area contributed by atoms with Crippen LogP contribution in [0.15, 0.2) is 168 Å². The summed E-state index contributed by atoms with van der Waals surface area (Å²) >= 11 is 0. The van der Waals surface area contributed by atoms with Crippen LogP contribution in [0.2, 0.25) is 0 Å². The highest BCUT2D eigenvalue weighted by molar-refractivity contribution is 5.98. The monoisotopic (exact) mass is 1640 g/mol. The molecule has 644 valence electrons. The summed E-state index contributed by atoms with van der Waals surface area (Å²) in [7, 11) is 0. The van der Waals surface area contributed by atoms with Crippen LogP contribution in [-0.2, 0) is 64.0 Å². The number of nitrogens with zero attached hydrogens (tertiary/aromatic N) is 7. The van der Waals surface area contributed by atoms with Crippen molar-refractivity contribution in [2.24, 2.45) is 80.8 Å². The van der Waals surface area contributed by atoms with Crippen molar-refractivity contribution in [2.45, 2.75) is 227 Å². The number of aliphatic hydroxyl groups is 5. The van der Waals surface area contributed by atoms with Crippen LogP contribution in [0.4, 0.5) is 0 Å². The van der Waals surface area contributed by atoms with Crippen LogP contribution in [0.3, 0.4) is 0 Å². The van der Waals surface area contributed by atoms with Gasteiger partial charge in [0.2, 0.25) is 65.0 Å². The second kappa shape index (κ2) is 54.9. The Balaban J connectivity index is 1.64. The van der Waals surface area contributed by atoms with Gasteiger partial charge in [-0.1, -0.05) is 133 Å². The van der Waals surface area contributed by atoms with Gasteiger partial charge in [0.15, 0.2) is 23.7 Å². The van der Waals surface area contributed by atoms with Crippen LogP contribution in [0.5, 0.6) is 0 Å². The molecule has 35 nitrogen and oxygen atoms in total. The number of rotatable bonds is 29. The second-order valence-electron chi connectivity index (χ2n) is 28.9. The summed E-state index contributed by atoms with van der Waals surface area (Å²) in [6.45, 7) is 2.33. The molecule has 1 aliphatic heterocycles. The molecule has 8 amide bonds. The number of hydrogen-bond acceptors (Lipinski definition) is 18. The summed E-state index contributed by atoms with van der Waals surface area (Å²) in [6, 6.07) is 20.0. The predicted molar refractivity (Wildman–Crippen MR) is 459 cm³/mol. The average molecular weight is 1640 g/mol. The van der Waals surface area contributed by atoms with Gasteiger partial charge < -0.3 is 109 Å². The van der Waals surface area contributed by atoms with Gasteiger partial charge in [-0.3, -0.25) is 53.3 Å². The Kier molecular flexibility index (Phi) is 45.0. The quantitative estimate of drug-likeness (QED) is 0.0161. The van der Waals surface area contributed by atoms with E-state index in [0.717, 1.165) is 0 Å². The molecule has 35 heteroatoms. The maximum absolute atomic E-state index is 15.0. The molecule has 28 N–H and O–H groups in total. The van der Waals surface area contributed by atoms with Crippen molar-refractivity contribution in [1.29, 1.82) is 0 Å². The molecule has 1 heterocycles. The average Bonchev–Trinajstić information content (AvgIpc) is 0.847. The van der Waals surface area contributed by atoms with Gasteiger partial charge in [0.1, 0.15) is 66.5 Å². The maximum Gasteiger partial charge on any atom is 0.245 e. The van der Waals surface area contributed by atoms with Gasteiger partial charge in [-0.05, 0) is 164 Å². The molecule has 0 bridgehead atoms. The van der Waals surface area contributed by atoms with E-state index in [-0.39, 0.29) is 153 Å². The van der Waals surface area contributed by atoms with Crippen LogP contribution < -0.4 is 83.1 Å². The topological polar surface area (TPSA) is 617 Å². The molecule has 4 aromatic rings. The van der Waals surface area contributed by atoms with Crippen molar-refractivity contribution in [3.05, 3.63) is 156 Å². The van der Waals surface area contributed by atoms with Crippen LogP contribution in [-0.4, -0.2) is 220 Å². The number of unbranched alkanes of at least 4 members (excludes halogenated alkanes) is 3. The Hall–Kier alpha value is -11.9. The zero-order valence-corrected chi connectivity index (χ0v) is 67.5. The van der Waals surface area contributed by atoms with Gasteiger partial charge in [-0.15, -0.1) is 0 Å². The minimum Gasteiger partial charge on any atom is -0.497 e. The van der Waals surface area contributed by atoms with E-state index in [2.05, 4.69) is 72.2 Å². The third-order valence-corrected chi connectivity index (χ3v) is 19.2. The van der Waals surface area contributed by atoms with E-state index < -0.39 is 131 Å². The number of allylic oxidation sites excluding steroid dienone is 2. The lowest BCUT2D eigenvalue weighted by Crippen LogP contribution is -2.58. The Morgan fingerprint density at radius 2 is 0.746 bits per heavy atom. The standard InChI is InChI=1S/C83H124N22O13/c1-54-72(109)102-65(50-55-28-8-4-9-29-55)79(116)100-62(39-20-24-46-86)75(112)99-64(41-27-49-94-83(90)91)77(114)104-68(53-58-34-14-7-15-35-58)81(118)105-66(51-56-30-10-5-11-31-56)78(115)97-59(71(87)108)36-21-25-47-92-69(106)42-16-2-3-17-43-70(107)96-60(37-18-22-44-84)74(111)103-67(52-57-32-12-6-13-33-57)80(117)101-63(40-26-48-93-82(88)89)76(113)98-61(73(110)95-54)38-19-23-45-85/h2-15,28-35,54,59-68H,16-27,36-53,84-86H2,1H3,(H2,87,108)(H,92,106)(H,95,110)(H,96,107)(H,97,115)(H,98,113)(H,99,112)(H,100,116)(H,101,117)(H,102,109)(H,103,111)(H,104,114)(H,105,118)(H4,88,89,93)(H4,90,91,94)/t54-,59+,60+,61+,62+,63+,64+,65+,66+,67+,68+/m1/s1. The molecule has 0 aliphatic carbocycles. The second-order valence-corrected chi connectivity index (χ2v) is 28.9. The Bertz CT molecular complexity index is 3990. The first-order valence-electron chi connectivity index (χ1n) is 40.5. The first-order valence-corrected chi connectivity index (χ1v) is 40.5. The summed E-state index contributed by atoms with van der Waals surface area (Å²) < 4.78 is 0. The molecular weight excluding hydrogens is 1510 g/mol. The van der Waals surface area contributed by atoms with E-state index in [4.69, 9.17) is 45.9 Å². The number of aliphatic imine (C=N–C) groups is 7. The lowest BCUT2D eigenvalue weighted by Gasteiger charge is -2.26. The number of guanidine groups is 2. The highest BCUT2D eigenvalue weighted by Gasteiger charge is 2.35. The van der Waals surface area contributed by atoms with Crippen molar-refractivity contribution >= 4 is 88.7 Å². The Labute approximate surface area is 690 Å². The number of carbonyl (C=O) groups is 8. The third kappa shape index (κ3) is 38.3. The summed E-state index contributed by atoms with van der Waals surface area (Å²) in [5, 5.41) is 77.9. The zero-order chi connectivity index (χ0) is 86.0. The van der Waals surface area contributed by atoms with E-state index in [1.165, 1.54) is 6.92 Å². The lowest BCUT2D eigenvalue weighted by atomic mass is 10.0. The fourth-order valence-electron chi connectivity index (χ4n) is 12.7. The van der Waals surface area contributed by atoms with Crippen molar-refractivity contribution in [2.75, 3.05) is 39.3 Å². The van der Waals surface area contributed by atoms with Gasteiger partial charge in [-0.25, -0.2) is 20.0 Å². The van der Waals surface area contributed by atoms with Crippen molar-refractivity contribution in [1.82, 2.24) is 37.2 Å². The van der Waals surface area contributed by atoms with Crippen molar-refractivity contribution < 1.29 is 63.9 Å². The highest BCUT2D eigenvalue weighted by atomic mass is 16.3. The zero-order valence-electron chi connectivity index (χ0n) is 67.5. The van der Waals surface area contributed by atoms with E-state index in [1.807, 2.05) is 0 Å². The molecule has 1 aliphatic rings. The van der Waals surface area contributed by atoms with E-state index in [0.29, 0.717) is 86.6 Å². The van der Waals surface area contributed by atoms with E-state index in [9.17, 15) is 54.3 Å². The number of carbonyl (C=O) groups excluding carboxylic acids is 8. The van der Waals surface area contributed by atoms with Crippen LogP contribution in [0.1, 0.15) is 158 Å². The maximum atomic E-state index is 15.0. The minimum atomic E-state index is -1.51. The third-order valence-electron chi connectivity index (χ3n) is 19.2. The first kappa shape index (κ1) is 96.7. The minimum absolute atomic E-state index is 0.00166. The van der Waals surface area contributed by atoms with Crippen LogP contribution in [0, 0.1) is 0 Å². The fourth-order valence-corrected chi connectivity index (χ4v) is 12.7. The highest BCUT2D eigenvalue weighted by Crippen LogP contribution is 2.18. The molecule has 0 spiro atoms. The number of nitrogens with one attached hydrogen (secondary N) is 7.